The van der Waals surface area contributed by atoms with Crippen LogP contribution in [0.25, 0.3) is 0 Å². The van der Waals surface area contributed by atoms with E-state index in [-0.39, 0.29) is 30.0 Å². The molecule has 2 heterocycles. The van der Waals surface area contributed by atoms with Crippen LogP contribution in [0.4, 0.5) is 4.79 Å². The second kappa shape index (κ2) is 10.4. The Kier molecular flexibility index (Phi) is 7.57. The van der Waals surface area contributed by atoms with Gasteiger partial charge in [0.2, 0.25) is 5.91 Å². The number of thioether (sulfide) groups is 1. The first-order valence-corrected chi connectivity index (χ1v) is 10.9. The predicted octanol–water partition coefficient (Wildman–Crippen LogP) is 1.99. The molecule has 0 bridgehead atoms. The van der Waals surface area contributed by atoms with Gasteiger partial charge >= 0.3 is 18.0 Å². The summed E-state index contributed by atoms with van der Waals surface area (Å²) < 4.78 is 15.2. The summed E-state index contributed by atoms with van der Waals surface area (Å²) in [7, 11) is 1.20. The number of carbonyl (C=O) groups is 4. The molecule has 1 saturated heterocycles. The summed E-state index contributed by atoms with van der Waals surface area (Å²) in [5, 5.41) is 3.68. The third kappa shape index (κ3) is 4.96. The van der Waals surface area contributed by atoms with Crippen molar-refractivity contribution in [3.05, 3.63) is 59.7 Å². The van der Waals surface area contributed by atoms with Gasteiger partial charge < -0.3 is 19.5 Å². The highest BCUT2D eigenvalue weighted by Gasteiger charge is 2.57. The number of rotatable bonds is 9. The fourth-order valence-corrected chi connectivity index (χ4v) is 4.77. The summed E-state index contributed by atoms with van der Waals surface area (Å²) in [5.74, 6) is -2.25. The number of β-lactam (4-membered cyclic amide) rings is 1. The number of methoxy groups -OCH3 is 1. The van der Waals surface area contributed by atoms with E-state index in [1.165, 1.54) is 29.8 Å². The molecule has 3 rings (SSSR count). The Bertz CT molecular complexity index is 933. The molecular weight excluding hydrogens is 436 g/mol. The van der Waals surface area contributed by atoms with E-state index in [1.54, 1.807) is 12.3 Å². The van der Waals surface area contributed by atoms with Gasteiger partial charge in [-0.3, -0.25) is 9.69 Å². The van der Waals surface area contributed by atoms with Crippen molar-refractivity contribution in [3.63, 3.8) is 0 Å². The molecular formula is C22H24N2O7S. The number of amides is 2. The zero-order chi connectivity index (χ0) is 23.3. The summed E-state index contributed by atoms with van der Waals surface area (Å²) in [6.07, 6.45) is 0.109. The number of ether oxygens (including phenoxy) is 3. The van der Waals surface area contributed by atoms with Crippen molar-refractivity contribution in [2.75, 3.05) is 13.7 Å². The van der Waals surface area contributed by atoms with Crippen molar-refractivity contribution in [3.8, 4) is 0 Å². The molecule has 32 heavy (non-hydrogen) atoms. The maximum absolute atomic E-state index is 12.8. The molecule has 170 valence electrons. The van der Waals surface area contributed by atoms with Crippen LogP contribution < -0.4 is 5.32 Å². The van der Waals surface area contributed by atoms with Crippen LogP contribution in [0.3, 0.4) is 0 Å². The Morgan fingerprint density at radius 1 is 1.28 bits per heavy atom. The maximum Gasteiger partial charge on any atom is 0.407 e. The summed E-state index contributed by atoms with van der Waals surface area (Å²) in [5.41, 5.74) is 0.985. The fourth-order valence-electron chi connectivity index (χ4n) is 3.45. The van der Waals surface area contributed by atoms with E-state index >= 15 is 0 Å². The molecule has 4 atom stereocenters. The second-order valence-corrected chi connectivity index (χ2v) is 8.16. The van der Waals surface area contributed by atoms with Gasteiger partial charge in [0, 0.05) is 11.8 Å². The van der Waals surface area contributed by atoms with Gasteiger partial charge in [-0.2, -0.15) is 0 Å². The Morgan fingerprint density at radius 3 is 2.66 bits per heavy atom. The lowest BCUT2D eigenvalue weighted by Gasteiger charge is -2.44. The number of carbonyl (C=O) groups excluding carboxylic acids is 4. The molecule has 0 spiro atoms. The number of fused-ring (bicyclic) bond motifs is 1. The van der Waals surface area contributed by atoms with E-state index in [9.17, 15) is 19.2 Å². The van der Waals surface area contributed by atoms with Gasteiger partial charge in [0.25, 0.3) is 0 Å². The van der Waals surface area contributed by atoms with E-state index in [0.29, 0.717) is 0 Å². The van der Waals surface area contributed by atoms with Gasteiger partial charge in [-0.15, -0.1) is 11.8 Å². The van der Waals surface area contributed by atoms with Crippen LogP contribution in [0.2, 0.25) is 0 Å². The zero-order valence-corrected chi connectivity index (χ0v) is 18.5. The molecule has 0 radical (unpaired) electrons. The van der Waals surface area contributed by atoms with Crippen LogP contribution in [0.15, 0.2) is 54.1 Å². The highest BCUT2D eigenvalue weighted by molar-refractivity contribution is 8.03. The summed E-state index contributed by atoms with van der Waals surface area (Å²) in [6.45, 7) is 5.14. The average Bonchev–Trinajstić information content (AvgIpc) is 3.16. The van der Waals surface area contributed by atoms with E-state index in [2.05, 4.69) is 16.6 Å². The number of benzene rings is 1. The molecule has 1 fully saturated rings. The van der Waals surface area contributed by atoms with Crippen molar-refractivity contribution in [2.45, 2.75) is 30.9 Å². The molecule has 0 unspecified atom stereocenters. The van der Waals surface area contributed by atoms with E-state index in [1.807, 2.05) is 30.3 Å². The molecule has 2 aliphatic heterocycles. The molecule has 0 aromatic heterocycles. The number of nitrogens with one attached hydrogen (secondary N) is 1. The van der Waals surface area contributed by atoms with E-state index in [4.69, 9.17) is 9.47 Å². The maximum atomic E-state index is 12.8. The Balaban J connectivity index is 1.62. The van der Waals surface area contributed by atoms with Crippen LogP contribution in [-0.2, 0) is 35.0 Å². The summed E-state index contributed by atoms with van der Waals surface area (Å²) in [6, 6.07) is 8.14. The minimum absolute atomic E-state index is 0.0426. The third-order valence-electron chi connectivity index (χ3n) is 5.06. The number of alkyl carbamates (subject to hydrolysis) is 1. The lowest BCUT2D eigenvalue weighted by molar-refractivity contribution is -0.168. The monoisotopic (exact) mass is 460 g/mol. The number of hydrogen-bond acceptors (Lipinski definition) is 8. The molecule has 1 aromatic carbocycles. The molecule has 9 nitrogen and oxygen atoms in total. The smallest absolute Gasteiger partial charge is 0.407 e. The van der Waals surface area contributed by atoms with Gasteiger partial charge in [-0.1, -0.05) is 43.0 Å². The largest absolute Gasteiger partial charge is 0.460 e. The van der Waals surface area contributed by atoms with Gasteiger partial charge in [-0.05, 0) is 12.5 Å². The topological polar surface area (TPSA) is 111 Å². The van der Waals surface area contributed by atoms with Crippen molar-refractivity contribution in [1.29, 1.82) is 0 Å². The Labute approximate surface area is 189 Å². The number of hydrogen-bond donors (Lipinski definition) is 1. The highest BCUT2D eigenvalue weighted by Crippen LogP contribution is 2.46. The van der Waals surface area contributed by atoms with Crippen molar-refractivity contribution >= 4 is 35.7 Å². The first-order valence-electron chi connectivity index (χ1n) is 9.93. The van der Waals surface area contributed by atoms with Crippen molar-refractivity contribution in [1.82, 2.24) is 10.2 Å². The lowest BCUT2D eigenvalue weighted by atomic mass is 9.92. The molecule has 2 aliphatic rings. The molecule has 10 heteroatoms. The highest BCUT2D eigenvalue weighted by atomic mass is 32.2. The molecule has 1 aromatic rings. The van der Waals surface area contributed by atoms with Crippen LogP contribution in [0, 0.1) is 5.92 Å². The average molecular weight is 461 g/mol. The van der Waals surface area contributed by atoms with E-state index in [0.717, 1.165) is 5.56 Å². The number of nitrogens with zero attached hydrogens (tertiary/aromatic N) is 1. The van der Waals surface area contributed by atoms with Gasteiger partial charge in [0.05, 0.1) is 7.11 Å². The van der Waals surface area contributed by atoms with Crippen molar-refractivity contribution < 1.29 is 33.4 Å². The molecule has 0 aliphatic carbocycles. The van der Waals surface area contributed by atoms with Crippen molar-refractivity contribution in [2.24, 2.45) is 5.92 Å². The van der Waals surface area contributed by atoms with E-state index < -0.39 is 36.1 Å². The molecule has 0 saturated carbocycles. The van der Waals surface area contributed by atoms with Crippen LogP contribution >= 0.6 is 11.8 Å². The fraction of sp³-hybridized carbons (Fsp3) is 0.364. The van der Waals surface area contributed by atoms with Crippen LogP contribution in [-0.4, -0.2) is 60.1 Å². The van der Waals surface area contributed by atoms with Gasteiger partial charge in [-0.25, -0.2) is 14.4 Å². The van der Waals surface area contributed by atoms with Crippen LogP contribution in [0.5, 0.6) is 0 Å². The Morgan fingerprint density at radius 2 is 2.00 bits per heavy atom. The second-order valence-electron chi connectivity index (χ2n) is 7.17. The lowest BCUT2D eigenvalue weighted by Crippen LogP contribution is -2.61. The number of esters is 2. The first kappa shape index (κ1) is 23.4. The summed E-state index contributed by atoms with van der Waals surface area (Å²) >= 11 is 1.29. The van der Waals surface area contributed by atoms with Gasteiger partial charge in [0.1, 0.15) is 35.7 Å². The Hall–Kier alpha value is -3.27. The minimum Gasteiger partial charge on any atom is -0.460 e. The normalized spacial score (nSPS) is 20.8. The third-order valence-corrected chi connectivity index (χ3v) is 6.20. The zero-order valence-electron chi connectivity index (χ0n) is 17.7. The SMILES string of the molecule is C=CCOC(=O)C1=CS[C@H]2[C@@H]([C@@H](C)OC(=O)[C@@H](Cc3ccccc3)NC(=O)OC)C(=O)N12. The standard InChI is InChI=1S/C22H24N2O7S/c1-4-10-30-21(27)16-12-32-19-17(18(25)24(16)19)13(2)31-20(26)15(23-22(28)29-3)11-14-8-6-5-7-9-14/h4-9,12-13,15,17,19H,1,10-11H2,2-3H3,(H,23,28)/t13-,15-,17+,19+/m1/s1. The minimum atomic E-state index is -0.989. The predicted molar refractivity (Wildman–Crippen MR) is 116 cm³/mol. The first-order chi connectivity index (χ1) is 15.4. The summed E-state index contributed by atoms with van der Waals surface area (Å²) in [4.78, 5) is 50.7. The van der Waals surface area contributed by atoms with Crippen LogP contribution in [0.1, 0.15) is 12.5 Å². The van der Waals surface area contributed by atoms with Gasteiger partial charge in [0.15, 0.2) is 0 Å². The molecule has 2 amide bonds. The quantitative estimate of drug-likeness (QED) is 0.258. The molecule has 1 N–H and O–H groups in total.